The zero-order chi connectivity index (χ0) is 36.6. The van der Waals surface area contributed by atoms with Crippen LogP contribution in [0.4, 0.5) is 14.6 Å². The number of aromatic carboxylic acids is 1. The van der Waals surface area contributed by atoms with E-state index in [2.05, 4.69) is 26.8 Å². The maximum absolute atomic E-state index is 14.0. The molecular formula is C34H28ClF2N7O3S. The second-order valence-corrected chi connectivity index (χ2v) is 12.5. The number of hydrogen-bond acceptors (Lipinski definition) is 9. The van der Waals surface area contributed by atoms with E-state index in [-0.39, 0.29) is 66.1 Å². The van der Waals surface area contributed by atoms with E-state index in [1.54, 1.807) is 36.1 Å². The van der Waals surface area contributed by atoms with Crippen molar-refractivity contribution in [3.8, 4) is 29.0 Å². The molecule has 10 nitrogen and oxygen atoms in total. The van der Waals surface area contributed by atoms with E-state index < -0.39 is 37.5 Å². The number of alkyl halides is 2. The summed E-state index contributed by atoms with van der Waals surface area (Å²) in [5, 5.41) is 21.7. The molecule has 4 aromatic heterocycles. The van der Waals surface area contributed by atoms with Gasteiger partial charge in [-0.1, -0.05) is 23.4 Å². The molecule has 1 fully saturated rings. The number of aryl methyl sites for hydroxylation is 1. The van der Waals surface area contributed by atoms with Crippen molar-refractivity contribution < 1.29 is 22.8 Å². The number of rotatable bonds is 7. The number of nitrogens with zero attached hydrogens (tertiary/aromatic N) is 7. The lowest BCUT2D eigenvalue weighted by Gasteiger charge is -2.37. The maximum atomic E-state index is 14.0. The first kappa shape index (κ1) is 29.2. The molecule has 14 heteroatoms. The lowest BCUT2D eigenvalue weighted by molar-refractivity contribution is 0.0698. The number of carboxylic acid groups (broad SMARTS) is 1. The molecule has 0 radical (unpaired) electrons. The van der Waals surface area contributed by atoms with Gasteiger partial charge in [-0.15, -0.1) is 11.3 Å². The largest absolute Gasteiger partial charge is 0.478 e. The van der Waals surface area contributed by atoms with Gasteiger partial charge in [0.05, 0.1) is 46.0 Å². The molecule has 0 unspecified atom stereocenters. The number of aromatic nitrogens is 4. The molecule has 1 aliphatic heterocycles. The van der Waals surface area contributed by atoms with Gasteiger partial charge in [0.1, 0.15) is 23.3 Å². The average Bonchev–Trinajstić information content (AvgIpc) is 3.52. The van der Waals surface area contributed by atoms with E-state index in [0.717, 1.165) is 4.90 Å². The quantitative estimate of drug-likeness (QED) is 0.210. The minimum atomic E-state index is -2.75. The van der Waals surface area contributed by atoms with Crippen LogP contribution in [0.5, 0.6) is 0 Å². The van der Waals surface area contributed by atoms with Gasteiger partial charge in [-0.25, -0.2) is 23.5 Å². The number of likely N-dealkylation sites (tertiary alicyclic amines) is 1. The Morgan fingerprint density at radius 2 is 2.06 bits per heavy atom. The fourth-order valence-electron chi connectivity index (χ4n) is 5.87. The molecule has 5 heterocycles. The number of fused-ring (bicyclic) bond motifs is 2. The van der Waals surface area contributed by atoms with Crippen molar-refractivity contribution in [2.24, 2.45) is 0 Å². The van der Waals surface area contributed by atoms with Crippen LogP contribution in [-0.2, 0) is 6.54 Å². The fourth-order valence-corrected chi connectivity index (χ4v) is 7.07. The number of thiophene rings is 1. The van der Waals surface area contributed by atoms with Crippen LogP contribution in [0.25, 0.3) is 32.2 Å². The Bertz CT molecular complexity index is 2340. The Morgan fingerprint density at radius 3 is 2.77 bits per heavy atom. The van der Waals surface area contributed by atoms with Gasteiger partial charge in [-0.2, -0.15) is 5.26 Å². The molecule has 0 amide bonds. The molecule has 5 aromatic rings. The monoisotopic (exact) mass is 690 g/mol. The van der Waals surface area contributed by atoms with Crippen molar-refractivity contribution in [3.63, 3.8) is 0 Å². The number of piperidine rings is 1. The van der Waals surface area contributed by atoms with Gasteiger partial charge >= 0.3 is 5.97 Å². The first-order chi connectivity index (χ1) is 24.3. The number of pyridine rings is 2. The summed E-state index contributed by atoms with van der Waals surface area (Å²) in [4.78, 5) is 41.4. The summed E-state index contributed by atoms with van der Waals surface area (Å²) in [5.74, 6) is 5.07. The lowest BCUT2D eigenvalue weighted by atomic mass is 10.00. The third-order valence-corrected chi connectivity index (χ3v) is 9.48. The van der Waals surface area contributed by atoms with E-state index in [4.69, 9.17) is 15.7 Å². The highest BCUT2D eigenvalue weighted by molar-refractivity contribution is 7.18. The minimum absolute atomic E-state index is 0.0810. The summed E-state index contributed by atoms with van der Waals surface area (Å²) in [5.41, 5.74) is 1.53. The number of nitriles is 1. The van der Waals surface area contributed by atoms with Crippen LogP contribution in [0.1, 0.15) is 44.3 Å². The summed E-state index contributed by atoms with van der Waals surface area (Å²) in [6.45, 7) is -1.23. The molecule has 0 spiro atoms. The van der Waals surface area contributed by atoms with Gasteiger partial charge in [0, 0.05) is 63.5 Å². The third kappa shape index (κ3) is 6.32. The van der Waals surface area contributed by atoms with E-state index >= 15 is 0 Å². The highest BCUT2D eigenvalue weighted by Crippen LogP contribution is 2.36. The summed E-state index contributed by atoms with van der Waals surface area (Å²) < 4.78 is 52.7. The maximum Gasteiger partial charge on any atom is 0.338 e. The molecule has 1 aromatic carbocycles. The van der Waals surface area contributed by atoms with Gasteiger partial charge in [-0.05, 0) is 44.0 Å². The molecule has 1 aliphatic rings. The highest BCUT2D eigenvalue weighted by atomic mass is 35.5. The molecule has 0 bridgehead atoms. The van der Waals surface area contributed by atoms with Crippen molar-refractivity contribution in [1.82, 2.24) is 24.4 Å². The number of benzene rings is 1. The topological polar surface area (TPSA) is 128 Å². The summed E-state index contributed by atoms with van der Waals surface area (Å²) in [6, 6.07) is 8.16. The number of carbonyl (C=O) groups is 1. The van der Waals surface area contributed by atoms with Crippen LogP contribution >= 0.6 is 22.9 Å². The van der Waals surface area contributed by atoms with Crippen LogP contribution in [0.2, 0.25) is 5.02 Å². The van der Waals surface area contributed by atoms with Crippen molar-refractivity contribution in [2.45, 2.75) is 38.8 Å². The van der Waals surface area contributed by atoms with Crippen molar-refractivity contribution in [1.29, 1.82) is 5.26 Å². The standard InChI is InChI=1S/C34H28ClF2N7O3S/c1-19-41-27-16-40-32(42(2)22-8-12-43(13-9-22)17-28(36)37)25(15-38)29(27)33(45)44(19)11-3-4-20-5-6-21(35)14-24(20)23-7-10-39-30-26(34(46)47)18-48-31(23)30/h5-7,10,14,16,18,22,28H,8-9,11-13,17H2,1-2H3,(H,46,47)/i2D3. The lowest BCUT2D eigenvalue weighted by Crippen LogP contribution is -2.45. The summed E-state index contributed by atoms with van der Waals surface area (Å²) in [7, 11) is 0. The Balaban J connectivity index is 1.38. The second-order valence-electron chi connectivity index (χ2n) is 11.2. The van der Waals surface area contributed by atoms with E-state index in [1.807, 2.05) is 6.07 Å². The Labute approximate surface area is 287 Å². The molecule has 0 atom stereocenters. The smallest absolute Gasteiger partial charge is 0.338 e. The van der Waals surface area contributed by atoms with Crippen LogP contribution in [0.3, 0.4) is 0 Å². The third-order valence-electron chi connectivity index (χ3n) is 8.25. The highest BCUT2D eigenvalue weighted by Gasteiger charge is 2.27. The van der Waals surface area contributed by atoms with Gasteiger partial charge in [0.15, 0.2) is 0 Å². The number of hydrogen-bond donors (Lipinski definition) is 1. The fraction of sp³-hybridized carbons (Fsp3) is 0.294. The van der Waals surface area contributed by atoms with Crippen LogP contribution in [-0.4, -0.2) is 74.6 Å². The van der Waals surface area contributed by atoms with Crippen molar-refractivity contribution >= 4 is 55.8 Å². The second kappa shape index (κ2) is 13.6. The van der Waals surface area contributed by atoms with Crippen LogP contribution < -0.4 is 10.5 Å². The molecule has 0 saturated carbocycles. The zero-order valence-electron chi connectivity index (χ0n) is 28.4. The van der Waals surface area contributed by atoms with E-state index in [1.165, 1.54) is 33.7 Å². The first-order valence-corrected chi connectivity index (χ1v) is 16.0. The van der Waals surface area contributed by atoms with Gasteiger partial charge in [-0.3, -0.25) is 19.2 Å². The molecule has 0 aliphatic carbocycles. The van der Waals surface area contributed by atoms with Gasteiger partial charge in [0.25, 0.3) is 12.0 Å². The van der Waals surface area contributed by atoms with E-state index in [0.29, 0.717) is 31.9 Å². The van der Waals surface area contributed by atoms with Gasteiger partial charge in [0.2, 0.25) is 0 Å². The molecule has 48 heavy (non-hydrogen) atoms. The Morgan fingerprint density at radius 1 is 1.27 bits per heavy atom. The van der Waals surface area contributed by atoms with Crippen molar-refractivity contribution in [2.75, 3.05) is 31.5 Å². The Kier molecular flexibility index (Phi) is 8.31. The average molecular weight is 691 g/mol. The number of carboxylic acids is 1. The predicted octanol–water partition coefficient (Wildman–Crippen LogP) is 5.82. The van der Waals surface area contributed by atoms with Crippen LogP contribution in [0, 0.1) is 30.1 Å². The van der Waals surface area contributed by atoms with Crippen LogP contribution in [0.15, 0.2) is 46.8 Å². The summed E-state index contributed by atoms with van der Waals surface area (Å²) >= 11 is 7.59. The minimum Gasteiger partial charge on any atom is -0.478 e. The molecule has 1 saturated heterocycles. The molecule has 6 rings (SSSR count). The Hall–Kier alpha value is -4.95. The van der Waals surface area contributed by atoms with Gasteiger partial charge < -0.3 is 10.0 Å². The number of halogens is 3. The summed E-state index contributed by atoms with van der Waals surface area (Å²) in [6.07, 6.45) is 0.740. The first-order valence-electron chi connectivity index (χ1n) is 16.3. The SMILES string of the molecule is [2H]C([2H])([2H])N(c1ncc2nc(C)n(CC#Cc3ccc(Cl)cc3-c3ccnc4c(C(=O)O)csc34)c(=O)c2c1C#N)C1CCN(CC(F)F)CC1. The zero-order valence-corrected chi connectivity index (χ0v) is 26.9. The molecule has 244 valence electrons. The molecule has 1 N–H and O–H groups in total. The normalized spacial score (nSPS) is 15.0. The predicted molar refractivity (Wildman–Crippen MR) is 181 cm³/mol. The number of anilines is 1. The van der Waals surface area contributed by atoms with Crippen molar-refractivity contribution in [3.05, 3.63) is 79.9 Å². The molecular weight excluding hydrogens is 660 g/mol. The van der Waals surface area contributed by atoms with E-state index in [9.17, 15) is 28.7 Å².